The molecule has 0 atom stereocenters. The highest BCUT2D eigenvalue weighted by Gasteiger charge is 2.10. The first-order valence-corrected chi connectivity index (χ1v) is 8.52. The number of H-pyrrole nitrogens is 1. The van der Waals surface area contributed by atoms with E-state index in [1.807, 2.05) is 0 Å². The van der Waals surface area contributed by atoms with Crippen molar-refractivity contribution in [1.82, 2.24) is 20.6 Å². The minimum absolute atomic E-state index is 0.195. The van der Waals surface area contributed by atoms with Crippen LogP contribution in [0.3, 0.4) is 0 Å². The number of nitrogens with one attached hydrogen (secondary N) is 3. The molecule has 27 heavy (non-hydrogen) atoms. The molecule has 3 rings (SSSR count). The van der Waals surface area contributed by atoms with Crippen molar-refractivity contribution in [1.29, 1.82) is 0 Å². The summed E-state index contributed by atoms with van der Waals surface area (Å²) in [5.41, 5.74) is 4.60. The second-order valence-corrected chi connectivity index (χ2v) is 6.36. The molecule has 0 saturated heterocycles. The van der Waals surface area contributed by atoms with Crippen molar-refractivity contribution in [2.75, 3.05) is 0 Å². The van der Waals surface area contributed by atoms with Gasteiger partial charge in [0.05, 0.1) is 5.69 Å². The second-order valence-electron chi connectivity index (χ2n) is 5.45. The minimum atomic E-state index is -0.575. The number of nitrogens with zero attached hydrogens (tertiary/aromatic N) is 1. The van der Waals surface area contributed by atoms with Gasteiger partial charge in [-0.1, -0.05) is 22.0 Å². The highest BCUT2D eigenvalue weighted by molar-refractivity contribution is 9.10. The van der Waals surface area contributed by atoms with E-state index in [0.717, 1.165) is 21.3 Å². The van der Waals surface area contributed by atoms with Gasteiger partial charge in [-0.25, -0.2) is 4.68 Å². The highest BCUT2D eigenvalue weighted by Crippen LogP contribution is 2.10. The standard InChI is InChI=1S/C18H13BrN4O4/c19-13-6-4-11(5-7-13)17(26)20-21-18(27)12-2-1-3-14(10-12)23-16(25)9-8-15(24)22-23/h1-10H,(H,20,26)(H,21,27)(H,22,24). The Labute approximate surface area is 160 Å². The van der Waals surface area contributed by atoms with Crippen molar-refractivity contribution >= 4 is 27.7 Å². The van der Waals surface area contributed by atoms with Gasteiger partial charge in [-0.2, -0.15) is 0 Å². The Morgan fingerprint density at radius 2 is 1.52 bits per heavy atom. The van der Waals surface area contributed by atoms with Crippen LogP contribution in [0.25, 0.3) is 5.69 Å². The van der Waals surface area contributed by atoms with E-state index < -0.39 is 22.9 Å². The average molecular weight is 429 g/mol. The highest BCUT2D eigenvalue weighted by atomic mass is 79.9. The second kappa shape index (κ2) is 7.83. The first-order chi connectivity index (χ1) is 12.9. The number of hydrazine groups is 1. The lowest BCUT2D eigenvalue weighted by atomic mass is 10.2. The van der Waals surface area contributed by atoms with Gasteiger partial charge in [0.15, 0.2) is 0 Å². The molecule has 8 nitrogen and oxygen atoms in total. The zero-order chi connectivity index (χ0) is 19.4. The van der Waals surface area contributed by atoms with Gasteiger partial charge in [-0.05, 0) is 42.5 Å². The number of benzene rings is 2. The van der Waals surface area contributed by atoms with Gasteiger partial charge in [0.1, 0.15) is 0 Å². The van der Waals surface area contributed by atoms with E-state index in [-0.39, 0.29) is 5.56 Å². The van der Waals surface area contributed by atoms with Crippen LogP contribution in [0.1, 0.15) is 20.7 Å². The maximum Gasteiger partial charge on any atom is 0.269 e. The maximum atomic E-state index is 12.3. The first kappa shape index (κ1) is 18.3. The fourth-order valence-electron chi connectivity index (χ4n) is 2.26. The van der Waals surface area contributed by atoms with Crippen LogP contribution in [0.5, 0.6) is 0 Å². The van der Waals surface area contributed by atoms with Crippen molar-refractivity contribution in [2.45, 2.75) is 0 Å². The largest absolute Gasteiger partial charge is 0.269 e. The van der Waals surface area contributed by atoms with E-state index >= 15 is 0 Å². The summed E-state index contributed by atoms with van der Waals surface area (Å²) in [7, 11) is 0. The number of carbonyl (C=O) groups excluding carboxylic acids is 2. The number of amides is 2. The molecule has 0 bridgehead atoms. The van der Waals surface area contributed by atoms with Gasteiger partial charge in [0.25, 0.3) is 22.9 Å². The molecule has 0 aliphatic rings. The third-order valence-corrected chi connectivity index (χ3v) is 4.11. The van der Waals surface area contributed by atoms with Crippen molar-refractivity contribution in [3.8, 4) is 5.69 Å². The monoisotopic (exact) mass is 428 g/mol. The molecular formula is C18H13BrN4O4. The van der Waals surface area contributed by atoms with Crippen LogP contribution < -0.4 is 22.0 Å². The molecule has 0 spiro atoms. The summed E-state index contributed by atoms with van der Waals surface area (Å²) in [5.74, 6) is -1.05. The topological polar surface area (TPSA) is 113 Å². The molecule has 3 aromatic rings. The Hall–Kier alpha value is -3.46. The zero-order valence-corrected chi connectivity index (χ0v) is 15.3. The van der Waals surface area contributed by atoms with Crippen LogP contribution in [0.15, 0.2) is 74.7 Å². The molecule has 2 amide bonds. The summed E-state index contributed by atoms with van der Waals surface area (Å²) < 4.78 is 1.86. The fourth-order valence-corrected chi connectivity index (χ4v) is 2.53. The van der Waals surface area contributed by atoms with Crippen LogP contribution in [-0.2, 0) is 0 Å². The number of hydrogen-bond acceptors (Lipinski definition) is 4. The molecule has 2 aromatic carbocycles. The first-order valence-electron chi connectivity index (χ1n) is 7.73. The van der Waals surface area contributed by atoms with Crippen LogP contribution in [-0.4, -0.2) is 21.6 Å². The number of rotatable bonds is 3. The van der Waals surface area contributed by atoms with Crippen molar-refractivity contribution in [3.05, 3.63) is 97.0 Å². The maximum absolute atomic E-state index is 12.3. The molecule has 0 unspecified atom stereocenters. The SMILES string of the molecule is O=C(NNC(=O)c1cccc(-n2[nH]c(=O)ccc2=O)c1)c1ccc(Br)cc1. The van der Waals surface area contributed by atoms with E-state index in [0.29, 0.717) is 11.3 Å². The van der Waals surface area contributed by atoms with Crippen molar-refractivity contribution in [3.63, 3.8) is 0 Å². The minimum Gasteiger partial charge on any atom is -0.268 e. The van der Waals surface area contributed by atoms with Crippen molar-refractivity contribution < 1.29 is 9.59 Å². The van der Waals surface area contributed by atoms with E-state index in [1.165, 1.54) is 12.1 Å². The Bertz CT molecular complexity index is 1120. The Kier molecular flexibility index (Phi) is 5.32. The predicted octanol–water partition coefficient (Wildman–Crippen LogP) is 1.36. The molecule has 0 radical (unpaired) electrons. The predicted molar refractivity (Wildman–Crippen MR) is 102 cm³/mol. The van der Waals surface area contributed by atoms with E-state index in [9.17, 15) is 19.2 Å². The summed E-state index contributed by atoms with van der Waals surface area (Å²) in [5, 5.41) is 2.38. The zero-order valence-electron chi connectivity index (χ0n) is 13.7. The third-order valence-electron chi connectivity index (χ3n) is 3.58. The Morgan fingerprint density at radius 3 is 2.22 bits per heavy atom. The summed E-state index contributed by atoms with van der Waals surface area (Å²) in [4.78, 5) is 47.6. The third kappa shape index (κ3) is 4.39. The lowest BCUT2D eigenvalue weighted by Gasteiger charge is -2.09. The summed E-state index contributed by atoms with van der Waals surface area (Å²) in [6, 6.07) is 14.9. The van der Waals surface area contributed by atoms with Gasteiger partial charge in [0, 0.05) is 27.7 Å². The molecule has 3 N–H and O–H groups in total. The fraction of sp³-hybridized carbons (Fsp3) is 0. The quantitative estimate of drug-likeness (QED) is 0.546. The molecule has 1 heterocycles. The van der Waals surface area contributed by atoms with Crippen LogP contribution in [0.2, 0.25) is 0 Å². The van der Waals surface area contributed by atoms with E-state index in [1.54, 1.807) is 36.4 Å². The lowest BCUT2D eigenvalue weighted by Crippen LogP contribution is -2.41. The normalized spacial score (nSPS) is 10.3. The van der Waals surface area contributed by atoms with Gasteiger partial charge in [0.2, 0.25) is 0 Å². The average Bonchev–Trinajstić information content (AvgIpc) is 2.68. The Balaban J connectivity index is 1.75. The number of aromatic nitrogens is 2. The molecule has 0 saturated carbocycles. The molecule has 0 aliphatic heterocycles. The van der Waals surface area contributed by atoms with Crippen LogP contribution in [0, 0.1) is 0 Å². The molecule has 1 aromatic heterocycles. The lowest BCUT2D eigenvalue weighted by molar-refractivity contribution is 0.0846. The Morgan fingerprint density at radius 1 is 0.852 bits per heavy atom. The van der Waals surface area contributed by atoms with Gasteiger partial charge >= 0.3 is 0 Å². The molecule has 0 aliphatic carbocycles. The molecule has 0 fully saturated rings. The number of hydrogen-bond donors (Lipinski definition) is 3. The van der Waals surface area contributed by atoms with Gasteiger partial charge in [-0.15, -0.1) is 0 Å². The number of carbonyl (C=O) groups is 2. The van der Waals surface area contributed by atoms with Crippen molar-refractivity contribution in [2.24, 2.45) is 0 Å². The van der Waals surface area contributed by atoms with E-state index in [2.05, 4.69) is 31.9 Å². The number of aromatic amines is 1. The molecule has 136 valence electrons. The smallest absolute Gasteiger partial charge is 0.268 e. The number of halogens is 1. The van der Waals surface area contributed by atoms with Gasteiger partial charge < -0.3 is 0 Å². The summed E-state index contributed by atoms with van der Waals surface area (Å²) >= 11 is 3.28. The van der Waals surface area contributed by atoms with E-state index in [4.69, 9.17) is 0 Å². The molecule has 9 heteroatoms. The van der Waals surface area contributed by atoms with Crippen LogP contribution >= 0.6 is 15.9 Å². The van der Waals surface area contributed by atoms with Crippen LogP contribution in [0.4, 0.5) is 0 Å². The molecular weight excluding hydrogens is 416 g/mol. The summed E-state index contributed by atoms with van der Waals surface area (Å²) in [6.07, 6.45) is 0. The summed E-state index contributed by atoms with van der Waals surface area (Å²) in [6.45, 7) is 0. The van der Waals surface area contributed by atoms with Gasteiger partial charge in [-0.3, -0.25) is 35.1 Å².